The van der Waals surface area contributed by atoms with Crippen molar-refractivity contribution in [2.24, 2.45) is 5.73 Å². The molecule has 2 nitrogen and oxygen atoms in total. The number of Topliss-reactive ketones (excluding diaryl/α,β-unsaturated/α-hetero) is 1. The van der Waals surface area contributed by atoms with Crippen molar-refractivity contribution in [1.29, 1.82) is 0 Å². The second-order valence-electron chi connectivity index (χ2n) is 3.17. The molecule has 0 spiro atoms. The smallest absolute Gasteiger partial charge is 0.189 e. The van der Waals surface area contributed by atoms with Gasteiger partial charge in [0.2, 0.25) is 0 Å². The second kappa shape index (κ2) is 4.53. The van der Waals surface area contributed by atoms with Crippen molar-refractivity contribution in [2.45, 2.75) is 32.7 Å². The number of carbonyl (C=O) groups excluding carboxylic acids is 1. The number of ketones is 1. The molecular weight excluding hydrogens is 182 g/mol. The quantitative estimate of drug-likeness (QED) is 0.753. The average Bonchev–Trinajstić information content (AvgIpc) is 2.51. The predicted octanol–water partition coefficient (Wildman–Crippen LogP) is 2.37. The molecule has 3 heteroatoms. The normalized spacial score (nSPS) is 12.8. The molecule has 0 aliphatic heterocycles. The van der Waals surface area contributed by atoms with Gasteiger partial charge >= 0.3 is 0 Å². The molecule has 13 heavy (non-hydrogen) atoms. The molecule has 0 fully saturated rings. The summed E-state index contributed by atoms with van der Waals surface area (Å²) in [5, 5.41) is 0. The molecule has 0 bridgehead atoms. The van der Waals surface area contributed by atoms with Gasteiger partial charge in [0, 0.05) is 4.88 Å². The third-order valence-corrected chi connectivity index (χ3v) is 2.93. The minimum absolute atomic E-state index is 0.0833. The monoisotopic (exact) mass is 197 g/mol. The zero-order chi connectivity index (χ0) is 9.84. The largest absolute Gasteiger partial charge is 0.321 e. The van der Waals surface area contributed by atoms with Crippen LogP contribution >= 0.6 is 11.3 Å². The van der Waals surface area contributed by atoms with Crippen molar-refractivity contribution in [3.8, 4) is 0 Å². The van der Waals surface area contributed by atoms with E-state index in [1.807, 2.05) is 26.0 Å². The van der Waals surface area contributed by atoms with Crippen molar-refractivity contribution in [3.63, 3.8) is 0 Å². The lowest BCUT2D eigenvalue weighted by Crippen LogP contribution is -2.29. The van der Waals surface area contributed by atoms with E-state index >= 15 is 0 Å². The summed E-state index contributed by atoms with van der Waals surface area (Å²) in [5.41, 5.74) is 5.73. The van der Waals surface area contributed by atoms with Crippen LogP contribution in [-0.4, -0.2) is 11.8 Å². The predicted molar refractivity (Wildman–Crippen MR) is 56.3 cm³/mol. The van der Waals surface area contributed by atoms with Gasteiger partial charge in [0.05, 0.1) is 10.9 Å². The fraction of sp³-hybridized carbons (Fsp3) is 0.500. The second-order valence-corrected chi connectivity index (χ2v) is 4.46. The van der Waals surface area contributed by atoms with Crippen LogP contribution in [0.4, 0.5) is 0 Å². The number of hydrogen-bond donors (Lipinski definition) is 1. The molecule has 0 saturated heterocycles. The summed E-state index contributed by atoms with van der Waals surface area (Å²) in [6.07, 6.45) is 1.73. The van der Waals surface area contributed by atoms with E-state index < -0.39 is 0 Å². The van der Waals surface area contributed by atoms with Crippen LogP contribution in [0.25, 0.3) is 0 Å². The fourth-order valence-corrected chi connectivity index (χ4v) is 2.06. The molecule has 72 valence electrons. The Hall–Kier alpha value is -0.670. The topological polar surface area (TPSA) is 43.1 Å². The van der Waals surface area contributed by atoms with Gasteiger partial charge < -0.3 is 5.73 Å². The first-order chi connectivity index (χ1) is 6.15. The molecule has 0 aromatic carbocycles. The van der Waals surface area contributed by atoms with E-state index in [0.717, 1.165) is 22.6 Å². The molecular formula is C10H15NOS. The van der Waals surface area contributed by atoms with Crippen LogP contribution in [0.2, 0.25) is 0 Å². The third-order valence-electron chi connectivity index (χ3n) is 1.92. The van der Waals surface area contributed by atoms with Crippen LogP contribution in [0.1, 0.15) is 34.3 Å². The molecule has 1 aromatic rings. The maximum atomic E-state index is 11.6. The molecule has 0 radical (unpaired) electrons. The Morgan fingerprint density at radius 1 is 1.62 bits per heavy atom. The molecule has 2 N–H and O–H groups in total. The zero-order valence-corrected chi connectivity index (χ0v) is 8.86. The van der Waals surface area contributed by atoms with Crippen molar-refractivity contribution in [3.05, 3.63) is 21.9 Å². The first-order valence-electron chi connectivity index (χ1n) is 4.51. The fourth-order valence-electron chi connectivity index (χ4n) is 1.19. The average molecular weight is 197 g/mol. The summed E-state index contributed by atoms with van der Waals surface area (Å²) in [6, 6.07) is 3.50. The lowest BCUT2D eigenvalue weighted by atomic mass is 10.1. The molecule has 1 aromatic heterocycles. The van der Waals surface area contributed by atoms with Crippen molar-refractivity contribution in [1.82, 2.24) is 0 Å². The minimum Gasteiger partial charge on any atom is -0.321 e. The van der Waals surface area contributed by atoms with Gasteiger partial charge in [-0.2, -0.15) is 0 Å². The van der Waals surface area contributed by atoms with E-state index in [1.54, 1.807) is 0 Å². The Morgan fingerprint density at radius 2 is 2.31 bits per heavy atom. The lowest BCUT2D eigenvalue weighted by Gasteiger charge is -2.06. The minimum atomic E-state index is -0.317. The number of rotatable bonds is 4. The van der Waals surface area contributed by atoms with Crippen LogP contribution < -0.4 is 5.73 Å². The van der Waals surface area contributed by atoms with Crippen molar-refractivity contribution < 1.29 is 4.79 Å². The molecule has 0 aliphatic rings. The number of carbonyl (C=O) groups is 1. The van der Waals surface area contributed by atoms with E-state index in [0.29, 0.717) is 0 Å². The molecule has 0 aliphatic carbocycles. The van der Waals surface area contributed by atoms with Crippen molar-refractivity contribution in [2.75, 3.05) is 0 Å². The molecule has 1 atom stereocenters. The summed E-state index contributed by atoms with van der Waals surface area (Å²) in [4.78, 5) is 13.6. The van der Waals surface area contributed by atoms with E-state index in [-0.39, 0.29) is 11.8 Å². The number of hydrogen-bond acceptors (Lipinski definition) is 3. The van der Waals surface area contributed by atoms with E-state index in [4.69, 9.17) is 5.73 Å². The van der Waals surface area contributed by atoms with E-state index in [9.17, 15) is 4.79 Å². The molecule has 1 unspecified atom stereocenters. The highest BCUT2D eigenvalue weighted by atomic mass is 32.1. The first-order valence-corrected chi connectivity index (χ1v) is 5.33. The molecule has 1 heterocycles. The van der Waals surface area contributed by atoms with E-state index in [2.05, 4.69) is 0 Å². The Balaban J connectivity index is 2.67. The zero-order valence-electron chi connectivity index (χ0n) is 8.04. The summed E-state index contributed by atoms with van der Waals surface area (Å²) in [7, 11) is 0. The SMILES string of the molecule is CCCC(N)C(=O)c1ccc(C)s1. The van der Waals surface area contributed by atoms with Gasteiger partial charge in [-0.3, -0.25) is 4.79 Å². The van der Waals surface area contributed by atoms with Gasteiger partial charge in [-0.15, -0.1) is 11.3 Å². The summed E-state index contributed by atoms with van der Waals surface area (Å²) in [5.74, 6) is 0.0833. The highest BCUT2D eigenvalue weighted by Gasteiger charge is 2.15. The highest BCUT2D eigenvalue weighted by molar-refractivity contribution is 7.14. The van der Waals surface area contributed by atoms with E-state index in [1.165, 1.54) is 11.3 Å². The number of nitrogens with two attached hydrogens (primary N) is 1. The number of thiophene rings is 1. The Labute approximate surface area is 82.8 Å². The highest BCUT2D eigenvalue weighted by Crippen LogP contribution is 2.17. The maximum Gasteiger partial charge on any atom is 0.189 e. The molecule has 0 amide bonds. The van der Waals surface area contributed by atoms with Crippen LogP contribution in [-0.2, 0) is 0 Å². The van der Waals surface area contributed by atoms with Gasteiger partial charge in [0.15, 0.2) is 5.78 Å². The summed E-state index contributed by atoms with van der Waals surface area (Å²) < 4.78 is 0. The van der Waals surface area contributed by atoms with Crippen LogP contribution in [0.5, 0.6) is 0 Å². The van der Waals surface area contributed by atoms with Crippen LogP contribution in [0, 0.1) is 6.92 Å². The van der Waals surface area contributed by atoms with Crippen LogP contribution in [0.3, 0.4) is 0 Å². The summed E-state index contributed by atoms with van der Waals surface area (Å²) >= 11 is 1.52. The Bertz CT molecular complexity index is 293. The third kappa shape index (κ3) is 2.64. The number of aryl methyl sites for hydroxylation is 1. The van der Waals surface area contributed by atoms with Crippen LogP contribution in [0.15, 0.2) is 12.1 Å². The van der Waals surface area contributed by atoms with Gasteiger partial charge in [-0.25, -0.2) is 0 Å². The van der Waals surface area contributed by atoms with Gasteiger partial charge in [-0.05, 0) is 25.5 Å². The standard InChI is InChI=1S/C10H15NOS/c1-3-4-8(11)10(12)9-6-5-7(2)13-9/h5-6,8H,3-4,11H2,1-2H3. The van der Waals surface area contributed by atoms with Gasteiger partial charge in [-0.1, -0.05) is 13.3 Å². The maximum absolute atomic E-state index is 11.6. The van der Waals surface area contributed by atoms with Gasteiger partial charge in [0.25, 0.3) is 0 Å². The Morgan fingerprint density at radius 3 is 2.77 bits per heavy atom. The van der Waals surface area contributed by atoms with Gasteiger partial charge in [0.1, 0.15) is 0 Å². The lowest BCUT2D eigenvalue weighted by molar-refractivity contribution is 0.0961. The summed E-state index contributed by atoms with van der Waals surface area (Å²) in [6.45, 7) is 4.03. The first kappa shape index (κ1) is 10.4. The van der Waals surface area contributed by atoms with Crippen molar-refractivity contribution >= 4 is 17.1 Å². The molecule has 1 rings (SSSR count). The Kier molecular flexibility index (Phi) is 3.63. The molecule has 0 saturated carbocycles.